The summed E-state index contributed by atoms with van der Waals surface area (Å²) in [6, 6.07) is 9.82. The molecule has 76 valence electrons. The van der Waals surface area contributed by atoms with E-state index in [1.165, 1.54) is 0 Å². The lowest BCUT2D eigenvalue weighted by Crippen LogP contribution is -1.89. The predicted octanol–water partition coefficient (Wildman–Crippen LogP) is 2.25. The SMILES string of the molecule is OCCCC/C=N/Nc1ccccc1. The number of nitrogens with one attached hydrogen (secondary N) is 1. The number of benzene rings is 1. The molecule has 0 atom stereocenters. The molecule has 1 aromatic rings. The van der Waals surface area contributed by atoms with Crippen LogP contribution >= 0.6 is 0 Å². The average Bonchev–Trinajstić information content (AvgIpc) is 2.25. The molecule has 14 heavy (non-hydrogen) atoms. The fourth-order valence-electron chi connectivity index (χ4n) is 1.04. The van der Waals surface area contributed by atoms with E-state index in [2.05, 4.69) is 10.5 Å². The molecule has 0 aromatic heterocycles. The van der Waals surface area contributed by atoms with Crippen molar-refractivity contribution in [3.05, 3.63) is 30.3 Å². The zero-order chi connectivity index (χ0) is 10.1. The zero-order valence-electron chi connectivity index (χ0n) is 8.19. The highest BCUT2D eigenvalue weighted by Gasteiger charge is 1.85. The van der Waals surface area contributed by atoms with Crippen LogP contribution < -0.4 is 5.43 Å². The van der Waals surface area contributed by atoms with Gasteiger partial charge in [0.1, 0.15) is 0 Å². The summed E-state index contributed by atoms with van der Waals surface area (Å²) in [5.74, 6) is 0. The van der Waals surface area contributed by atoms with E-state index in [4.69, 9.17) is 5.11 Å². The molecule has 0 unspecified atom stereocenters. The number of unbranched alkanes of at least 4 members (excludes halogenated alkanes) is 2. The highest BCUT2D eigenvalue weighted by atomic mass is 16.2. The van der Waals surface area contributed by atoms with Crippen LogP contribution in [0.3, 0.4) is 0 Å². The summed E-state index contributed by atoms with van der Waals surface area (Å²) in [7, 11) is 0. The molecule has 3 heteroatoms. The van der Waals surface area contributed by atoms with Gasteiger partial charge in [0.15, 0.2) is 0 Å². The largest absolute Gasteiger partial charge is 0.396 e. The Kier molecular flexibility index (Phi) is 5.43. The zero-order valence-corrected chi connectivity index (χ0v) is 8.19. The highest BCUT2D eigenvalue weighted by Crippen LogP contribution is 2.04. The number of aliphatic hydroxyl groups is 1. The molecule has 0 aliphatic carbocycles. The van der Waals surface area contributed by atoms with Gasteiger partial charge in [-0.05, 0) is 31.4 Å². The Morgan fingerprint density at radius 1 is 1.21 bits per heavy atom. The maximum atomic E-state index is 8.54. The minimum absolute atomic E-state index is 0.264. The third-order valence-electron chi connectivity index (χ3n) is 1.80. The Balaban J connectivity index is 2.14. The third-order valence-corrected chi connectivity index (χ3v) is 1.80. The van der Waals surface area contributed by atoms with Crippen molar-refractivity contribution in [2.75, 3.05) is 12.0 Å². The lowest BCUT2D eigenvalue weighted by Gasteiger charge is -1.97. The van der Waals surface area contributed by atoms with E-state index in [-0.39, 0.29) is 6.61 Å². The molecule has 1 rings (SSSR count). The van der Waals surface area contributed by atoms with Crippen molar-refractivity contribution < 1.29 is 5.11 Å². The molecule has 1 aromatic carbocycles. The summed E-state index contributed by atoms with van der Waals surface area (Å²) in [5.41, 5.74) is 3.92. The van der Waals surface area contributed by atoms with E-state index in [1.807, 2.05) is 36.5 Å². The summed E-state index contributed by atoms with van der Waals surface area (Å²) in [6.07, 6.45) is 4.57. The summed E-state index contributed by atoms with van der Waals surface area (Å²) >= 11 is 0. The fourth-order valence-corrected chi connectivity index (χ4v) is 1.04. The second-order valence-corrected chi connectivity index (χ2v) is 3.01. The molecule has 0 fully saturated rings. The van der Waals surface area contributed by atoms with Crippen molar-refractivity contribution in [3.63, 3.8) is 0 Å². The highest BCUT2D eigenvalue weighted by molar-refractivity contribution is 5.59. The second kappa shape index (κ2) is 7.09. The molecule has 0 radical (unpaired) electrons. The summed E-state index contributed by atoms with van der Waals surface area (Å²) in [5, 5.41) is 12.6. The van der Waals surface area contributed by atoms with Gasteiger partial charge in [0, 0.05) is 12.8 Å². The second-order valence-electron chi connectivity index (χ2n) is 3.01. The summed E-state index contributed by atoms with van der Waals surface area (Å²) < 4.78 is 0. The van der Waals surface area contributed by atoms with Crippen LogP contribution in [0, 0.1) is 0 Å². The molecule has 0 saturated heterocycles. The van der Waals surface area contributed by atoms with E-state index >= 15 is 0 Å². The van der Waals surface area contributed by atoms with Crippen molar-refractivity contribution in [3.8, 4) is 0 Å². The molecule has 0 spiro atoms. The first-order valence-electron chi connectivity index (χ1n) is 4.87. The van der Waals surface area contributed by atoms with Gasteiger partial charge in [-0.3, -0.25) is 5.43 Å². The van der Waals surface area contributed by atoms with Crippen molar-refractivity contribution in [1.82, 2.24) is 0 Å². The normalized spacial score (nSPS) is 10.6. The number of rotatable bonds is 6. The molecule has 0 aliphatic rings. The van der Waals surface area contributed by atoms with E-state index in [1.54, 1.807) is 0 Å². The Bertz CT molecular complexity index is 259. The first-order chi connectivity index (χ1) is 6.93. The van der Waals surface area contributed by atoms with Gasteiger partial charge in [-0.25, -0.2) is 0 Å². The van der Waals surface area contributed by atoms with Crippen LogP contribution in [0.4, 0.5) is 5.69 Å². The van der Waals surface area contributed by atoms with Crippen LogP contribution in [-0.2, 0) is 0 Å². The third kappa shape index (κ3) is 4.62. The number of hydrogen-bond acceptors (Lipinski definition) is 3. The number of hydrazone groups is 1. The maximum absolute atomic E-state index is 8.54. The van der Waals surface area contributed by atoms with Crippen LogP contribution in [0.1, 0.15) is 19.3 Å². The Hall–Kier alpha value is -1.35. The van der Waals surface area contributed by atoms with Gasteiger partial charge in [0.25, 0.3) is 0 Å². The fraction of sp³-hybridized carbons (Fsp3) is 0.364. The topological polar surface area (TPSA) is 44.6 Å². The van der Waals surface area contributed by atoms with Gasteiger partial charge in [0.05, 0.1) is 5.69 Å². The molecular formula is C11H16N2O. The van der Waals surface area contributed by atoms with E-state index in [9.17, 15) is 0 Å². The smallest absolute Gasteiger partial charge is 0.0561 e. The number of anilines is 1. The monoisotopic (exact) mass is 192 g/mol. The van der Waals surface area contributed by atoms with Crippen LogP contribution in [0.5, 0.6) is 0 Å². The number of nitrogens with zero attached hydrogens (tertiary/aromatic N) is 1. The van der Waals surface area contributed by atoms with Crippen molar-refractivity contribution in [1.29, 1.82) is 0 Å². The molecule has 3 nitrogen and oxygen atoms in total. The first-order valence-corrected chi connectivity index (χ1v) is 4.87. The van der Waals surface area contributed by atoms with Gasteiger partial charge in [-0.1, -0.05) is 18.2 Å². The molecule has 0 heterocycles. The van der Waals surface area contributed by atoms with Crippen LogP contribution in [-0.4, -0.2) is 17.9 Å². The first kappa shape index (κ1) is 10.7. The van der Waals surface area contributed by atoms with Crippen LogP contribution in [0.2, 0.25) is 0 Å². The minimum atomic E-state index is 0.264. The molecule has 0 bridgehead atoms. The number of hydrogen-bond donors (Lipinski definition) is 2. The summed E-state index contributed by atoms with van der Waals surface area (Å²) in [6.45, 7) is 0.264. The van der Waals surface area contributed by atoms with Gasteiger partial charge >= 0.3 is 0 Å². The Morgan fingerprint density at radius 3 is 2.71 bits per heavy atom. The average molecular weight is 192 g/mol. The molecule has 0 amide bonds. The van der Waals surface area contributed by atoms with Gasteiger partial charge in [-0.15, -0.1) is 0 Å². The van der Waals surface area contributed by atoms with Gasteiger partial charge in [0.2, 0.25) is 0 Å². The predicted molar refractivity (Wildman–Crippen MR) is 59.5 cm³/mol. The molecular weight excluding hydrogens is 176 g/mol. The Labute approximate surface area is 84.5 Å². The lowest BCUT2D eigenvalue weighted by atomic mass is 10.3. The van der Waals surface area contributed by atoms with E-state index in [0.29, 0.717) is 0 Å². The van der Waals surface area contributed by atoms with Crippen molar-refractivity contribution in [2.45, 2.75) is 19.3 Å². The maximum Gasteiger partial charge on any atom is 0.0561 e. The lowest BCUT2D eigenvalue weighted by molar-refractivity contribution is 0.286. The standard InChI is InChI=1S/C11H16N2O/c14-10-6-2-5-9-12-13-11-7-3-1-4-8-11/h1,3-4,7-9,13-14H,2,5-6,10H2/b12-9+. The number of aliphatic hydroxyl groups excluding tert-OH is 1. The van der Waals surface area contributed by atoms with E-state index < -0.39 is 0 Å². The minimum Gasteiger partial charge on any atom is -0.396 e. The Morgan fingerprint density at radius 2 is 2.00 bits per heavy atom. The number of para-hydroxylation sites is 1. The van der Waals surface area contributed by atoms with Crippen molar-refractivity contribution in [2.24, 2.45) is 5.10 Å². The van der Waals surface area contributed by atoms with Crippen LogP contribution in [0.25, 0.3) is 0 Å². The van der Waals surface area contributed by atoms with Crippen LogP contribution in [0.15, 0.2) is 35.4 Å². The molecule has 0 aliphatic heterocycles. The molecule has 0 saturated carbocycles. The van der Waals surface area contributed by atoms with E-state index in [0.717, 1.165) is 24.9 Å². The quantitative estimate of drug-likeness (QED) is 0.412. The molecule has 2 N–H and O–H groups in total. The van der Waals surface area contributed by atoms with Crippen molar-refractivity contribution >= 4 is 11.9 Å². The van der Waals surface area contributed by atoms with Gasteiger partial charge < -0.3 is 5.11 Å². The van der Waals surface area contributed by atoms with Gasteiger partial charge in [-0.2, -0.15) is 5.10 Å². The summed E-state index contributed by atoms with van der Waals surface area (Å²) in [4.78, 5) is 0.